The number of nitrogens with one attached hydrogen (secondary N) is 1. The Bertz CT molecular complexity index is 524. The predicted octanol–water partition coefficient (Wildman–Crippen LogP) is 1.02. The van der Waals surface area contributed by atoms with Gasteiger partial charge in [0.25, 0.3) is 0 Å². The number of ether oxygens (including phenoxy) is 1. The van der Waals surface area contributed by atoms with Gasteiger partial charge in [0, 0.05) is 0 Å². The van der Waals surface area contributed by atoms with Crippen LogP contribution in [0.1, 0.15) is 23.1 Å². The summed E-state index contributed by atoms with van der Waals surface area (Å²) >= 11 is 0. The summed E-state index contributed by atoms with van der Waals surface area (Å²) in [6.45, 7) is 0.469. The van der Waals surface area contributed by atoms with Crippen LogP contribution in [0.15, 0.2) is 24.3 Å². The third kappa shape index (κ3) is 1.89. The van der Waals surface area contributed by atoms with Crippen molar-refractivity contribution >= 4 is 0 Å². The number of aromatic nitrogens is 3. The zero-order valence-corrected chi connectivity index (χ0v) is 9.26. The lowest BCUT2D eigenvalue weighted by atomic mass is 9.96. The fraction of sp³-hybridized carbons (Fsp3) is 0.333. The van der Waals surface area contributed by atoms with Gasteiger partial charge in [-0.05, 0) is 18.1 Å². The quantitative estimate of drug-likeness (QED) is 0.809. The van der Waals surface area contributed by atoms with Crippen molar-refractivity contribution in [3.05, 3.63) is 41.5 Å². The van der Waals surface area contributed by atoms with Crippen LogP contribution >= 0.6 is 0 Å². The van der Waals surface area contributed by atoms with E-state index >= 15 is 0 Å². The molecule has 3 rings (SSSR count). The predicted molar refractivity (Wildman–Crippen MR) is 60.7 cm³/mol. The van der Waals surface area contributed by atoms with E-state index in [1.165, 1.54) is 5.56 Å². The third-order valence-electron chi connectivity index (χ3n) is 2.94. The number of H-pyrrole nitrogens is 1. The first-order valence-corrected chi connectivity index (χ1v) is 5.59. The lowest BCUT2D eigenvalue weighted by Gasteiger charge is -2.23. The molecule has 2 heterocycles. The second-order valence-corrected chi connectivity index (χ2v) is 4.12. The molecule has 1 aromatic heterocycles. The average molecular weight is 231 g/mol. The number of aliphatic hydroxyl groups excluding tert-OH is 1. The second-order valence-electron chi connectivity index (χ2n) is 4.12. The summed E-state index contributed by atoms with van der Waals surface area (Å²) in [7, 11) is 0. The smallest absolute Gasteiger partial charge is 0.157 e. The Morgan fingerprint density at radius 2 is 2.29 bits per heavy atom. The molecule has 1 aliphatic heterocycles. The Kier molecular flexibility index (Phi) is 2.53. The van der Waals surface area contributed by atoms with E-state index in [0.29, 0.717) is 18.3 Å². The number of nitrogens with zero attached hydrogens (tertiary/aromatic N) is 2. The highest BCUT2D eigenvalue weighted by atomic mass is 16.5. The molecule has 1 atom stereocenters. The van der Waals surface area contributed by atoms with E-state index in [4.69, 9.17) is 9.84 Å². The summed E-state index contributed by atoms with van der Waals surface area (Å²) < 4.78 is 5.68. The van der Waals surface area contributed by atoms with Gasteiger partial charge >= 0.3 is 0 Å². The molecule has 5 heteroatoms. The fourth-order valence-corrected chi connectivity index (χ4v) is 2.06. The summed E-state index contributed by atoms with van der Waals surface area (Å²) in [5.74, 6) is 2.31. The molecule has 0 saturated carbocycles. The highest BCUT2D eigenvalue weighted by molar-refractivity contribution is 5.36. The molecule has 2 N–H and O–H groups in total. The van der Waals surface area contributed by atoms with Gasteiger partial charge in [-0.25, -0.2) is 4.98 Å². The zero-order chi connectivity index (χ0) is 11.7. The third-order valence-corrected chi connectivity index (χ3v) is 2.94. The van der Waals surface area contributed by atoms with Crippen molar-refractivity contribution in [1.82, 2.24) is 15.2 Å². The molecule has 0 fully saturated rings. The Morgan fingerprint density at radius 3 is 3.12 bits per heavy atom. The molecule has 0 aliphatic carbocycles. The second kappa shape index (κ2) is 4.18. The van der Waals surface area contributed by atoms with Crippen molar-refractivity contribution < 1.29 is 9.84 Å². The maximum atomic E-state index is 8.94. The Hall–Kier alpha value is -1.88. The van der Waals surface area contributed by atoms with Crippen LogP contribution in [-0.2, 0) is 13.0 Å². The summed E-state index contributed by atoms with van der Waals surface area (Å²) in [6.07, 6.45) is 0.874. The Morgan fingerprint density at radius 1 is 1.41 bits per heavy atom. The highest BCUT2D eigenvalue weighted by Crippen LogP contribution is 2.30. The molecule has 0 radical (unpaired) electrons. The van der Waals surface area contributed by atoms with Crippen molar-refractivity contribution in [3.8, 4) is 5.75 Å². The van der Waals surface area contributed by atoms with Gasteiger partial charge in [-0.15, -0.1) is 0 Å². The number of aromatic amines is 1. The highest BCUT2D eigenvalue weighted by Gasteiger charge is 2.24. The molecular formula is C12H13N3O2. The fourth-order valence-electron chi connectivity index (χ4n) is 2.06. The monoisotopic (exact) mass is 231 g/mol. The van der Waals surface area contributed by atoms with E-state index in [0.717, 1.165) is 12.2 Å². The van der Waals surface area contributed by atoms with Crippen LogP contribution in [-0.4, -0.2) is 26.9 Å². The Balaban J connectivity index is 1.84. The van der Waals surface area contributed by atoms with Gasteiger partial charge < -0.3 is 9.84 Å². The van der Waals surface area contributed by atoms with Gasteiger partial charge in [-0.3, -0.25) is 5.10 Å². The van der Waals surface area contributed by atoms with E-state index in [2.05, 4.69) is 21.2 Å². The average Bonchev–Trinajstić information content (AvgIpc) is 2.87. The molecule has 17 heavy (non-hydrogen) atoms. The van der Waals surface area contributed by atoms with Crippen molar-refractivity contribution in [3.63, 3.8) is 0 Å². The van der Waals surface area contributed by atoms with E-state index in [9.17, 15) is 0 Å². The van der Waals surface area contributed by atoms with E-state index in [1.807, 2.05) is 18.2 Å². The Labute approximate surface area is 98.5 Å². The molecule has 5 nitrogen and oxygen atoms in total. The number of hydrogen-bond acceptors (Lipinski definition) is 4. The molecule has 0 spiro atoms. The molecular weight excluding hydrogens is 218 g/mol. The van der Waals surface area contributed by atoms with Crippen LogP contribution in [0.2, 0.25) is 0 Å². The van der Waals surface area contributed by atoms with E-state index in [1.54, 1.807) is 0 Å². The maximum Gasteiger partial charge on any atom is 0.157 e. The topological polar surface area (TPSA) is 71.0 Å². The first-order chi connectivity index (χ1) is 8.36. The van der Waals surface area contributed by atoms with Crippen LogP contribution in [0.3, 0.4) is 0 Å². The van der Waals surface area contributed by atoms with Gasteiger partial charge in [0.1, 0.15) is 18.2 Å². The van der Waals surface area contributed by atoms with Crippen LogP contribution in [0, 0.1) is 0 Å². The minimum Gasteiger partial charge on any atom is -0.493 e. The van der Waals surface area contributed by atoms with Gasteiger partial charge in [0.05, 0.1) is 12.5 Å². The van der Waals surface area contributed by atoms with E-state index in [-0.39, 0.29) is 12.5 Å². The molecule has 1 aromatic carbocycles. The normalized spacial score (nSPS) is 18.5. The summed E-state index contributed by atoms with van der Waals surface area (Å²) in [4.78, 5) is 4.23. The van der Waals surface area contributed by atoms with Gasteiger partial charge in [0.2, 0.25) is 0 Å². The maximum absolute atomic E-state index is 8.94. The van der Waals surface area contributed by atoms with Crippen LogP contribution in [0.4, 0.5) is 0 Å². The SMILES string of the molecule is OCc1nc(C2COc3ccccc3C2)n[nH]1. The minimum absolute atomic E-state index is 0.114. The number of para-hydroxylation sites is 1. The molecule has 0 bridgehead atoms. The zero-order valence-electron chi connectivity index (χ0n) is 9.26. The number of hydrogen-bond donors (Lipinski definition) is 2. The number of rotatable bonds is 2. The lowest BCUT2D eigenvalue weighted by molar-refractivity contribution is 0.256. The van der Waals surface area contributed by atoms with E-state index < -0.39 is 0 Å². The molecule has 1 aliphatic rings. The van der Waals surface area contributed by atoms with Crippen molar-refractivity contribution in [2.75, 3.05) is 6.61 Å². The summed E-state index contributed by atoms with van der Waals surface area (Å²) in [5, 5.41) is 15.8. The molecule has 0 saturated heterocycles. The molecule has 2 aromatic rings. The van der Waals surface area contributed by atoms with Crippen molar-refractivity contribution in [2.45, 2.75) is 18.9 Å². The van der Waals surface area contributed by atoms with Crippen LogP contribution in [0.5, 0.6) is 5.75 Å². The largest absolute Gasteiger partial charge is 0.493 e. The van der Waals surface area contributed by atoms with Crippen LogP contribution in [0.25, 0.3) is 0 Å². The summed E-state index contributed by atoms with van der Waals surface area (Å²) in [5.41, 5.74) is 1.18. The molecule has 1 unspecified atom stereocenters. The van der Waals surface area contributed by atoms with Gasteiger partial charge in [-0.2, -0.15) is 5.10 Å². The van der Waals surface area contributed by atoms with Gasteiger partial charge in [0.15, 0.2) is 5.82 Å². The number of aliphatic hydroxyl groups is 1. The number of fused-ring (bicyclic) bond motifs is 1. The van der Waals surface area contributed by atoms with Crippen LogP contribution < -0.4 is 4.74 Å². The molecule has 0 amide bonds. The standard InChI is InChI=1S/C12H13N3O2/c16-6-11-13-12(15-14-11)9-5-8-3-1-2-4-10(8)17-7-9/h1-4,9,16H,5-7H2,(H,13,14,15). The van der Waals surface area contributed by atoms with Crippen molar-refractivity contribution in [2.24, 2.45) is 0 Å². The first-order valence-electron chi connectivity index (χ1n) is 5.59. The first kappa shape index (κ1) is 10.3. The minimum atomic E-state index is -0.114. The summed E-state index contributed by atoms with van der Waals surface area (Å²) in [6, 6.07) is 8.00. The van der Waals surface area contributed by atoms with Gasteiger partial charge in [-0.1, -0.05) is 18.2 Å². The van der Waals surface area contributed by atoms with Crippen molar-refractivity contribution in [1.29, 1.82) is 0 Å². The molecule has 88 valence electrons. The number of benzene rings is 1. The lowest BCUT2D eigenvalue weighted by Crippen LogP contribution is -2.20.